The molecule has 19 heavy (non-hydrogen) atoms. The molecule has 0 aliphatic carbocycles. The Morgan fingerprint density at radius 1 is 0.947 bits per heavy atom. The summed E-state index contributed by atoms with van der Waals surface area (Å²) >= 11 is 0. The molecule has 0 fully saturated rings. The summed E-state index contributed by atoms with van der Waals surface area (Å²) in [5.41, 5.74) is 1.88. The Balaban J connectivity index is 2.13. The number of Topliss-reactive ketones (excluding diaryl/α,β-unsaturated/α-hetero) is 2. The molecule has 0 spiro atoms. The second-order valence-corrected chi connectivity index (χ2v) is 4.38. The minimum absolute atomic E-state index is 0.0989. The summed E-state index contributed by atoms with van der Waals surface area (Å²) in [6, 6.07) is 13.1. The molecule has 2 aromatic carbocycles. The van der Waals surface area contributed by atoms with Crippen molar-refractivity contribution in [2.75, 3.05) is 0 Å². The van der Waals surface area contributed by atoms with Gasteiger partial charge in [-0.05, 0) is 36.8 Å². The number of ketones is 2. The summed E-state index contributed by atoms with van der Waals surface area (Å²) in [6.07, 6.45) is -0.157. The number of aromatic hydroxyl groups is 1. The molecule has 0 unspecified atom stereocenters. The minimum Gasteiger partial charge on any atom is -0.508 e. The van der Waals surface area contributed by atoms with Crippen molar-refractivity contribution >= 4 is 11.6 Å². The standard InChI is InChI=1S/C16H14O3/c1-11-4-2-3-5-14(11)16(19)10-15(18)12-6-8-13(17)9-7-12/h2-9,17H,10H2,1H3. The van der Waals surface area contributed by atoms with Gasteiger partial charge in [0.15, 0.2) is 11.6 Å². The third kappa shape index (κ3) is 3.07. The van der Waals surface area contributed by atoms with Crippen LogP contribution in [0.25, 0.3) is 0 Å². The fraction of sp³-hybridized carbons (Fsp3) is 0.125. The third-order valence-corrected chi connectivity index (χ3v) is 2.96. The Morgan fingerprint density at radius 2 is 1.58 bits per heavy atom. The van der Waals surface area contributed by atoms with Gasteiger partial charge in [0, 0.05) is 11.1 Å². The van der Waals surface area contributed by atoms with Gasteiger partial charge in [0.25, 0.3) is 0 Å². The second kappa shape index (κ2) is 5.48. The number of hydrogen-bond acceptors (Lipinski definition) is 3. The van der Waals surface area contributed by atoms with Gasteiger partial charge in [0.05, 0.1) is 6.42 Å². The number of phenols is 1. The van der Waals surface area contributed by atoms with E-state index in [2.05, 4.69) is 0 Å². The van der Waals surface area contributed by atoms with Crippen LogP contribution < -0.4 is 0 Å². The second-order valence-electron chi connectivity index (χ2n) is 4.38. The highest BCUT2D eigenvalue weighted by Gasteiger charge is 2.14. The maximum absolute atomic E-state index is 12.0. The molecule has 2 rings (SSSR count). The van der Waals surface area contributed by atoms with E-state index in [0.717, 1.165) is 5.56 Å². The van der Waals surface area contributed by atoms with Crippen LogP contribution in [0, 0.1) is 6.92 Å². The van der Waals surface area contributed by atoms with E-state index in [9.17, 15) is 9.59 Å². The van der Waals surface area contributed by atoms with Crippen molar-refractivity contribution in [3.05, 3.63) is 65.2 Å². The average molecular weight is 254 g/mol. The third-order valence-electron chi connectivity index (χ3n) is 2.96. The number of rotatable bonds is 4. The van der Waals surface area contributed by atoms with Crippen LogP contribution in [-0.2, 0) is 0 Å². The lowest BCUT2D eigenvalue weighted by Crippen LogP contribution is -2.09. The van der Waals surface area contributed by atoms with Crippen molar-refractivity contribution in [1.82, 2.24) is 0 Å². The highest BCUT2D eigenvalue weighted by molar-refractivity contribution is 6.13. The lowest BCUT2D eigenvalue weighted by atomic mass is 9.98. The first-order valence-electron chi connectivity index (χ1n) is 5.99. The first-order valence-corrected chi connectivity index (χ1v) is 5.99. The molecule has 2 aromatic rings. The highest BCUT2D eigenvalue weighted by atomic mass is 16.3. The van der Waals surface area contributed by atoms with Gasteiger partial charge < -0.3 is 5.11 Å². The van der Waals surface area contributed by atoms with Crippen molar-refractivity contribution in [1.29, 1.82) is 0 Å². The van der Waals surface area contributed by atoms with E-state index in [1.54, 1.807) is 12.1 Å². The molecule has 0 heterocycles. The molecular formula is C16H14O3. The summed E-state index contributed by atoms with van der Waals surface area (Å²) in [7, 11) is 0. The van der Waals surface area contributed by atoms with Crippen molar-refractivity contribution in [3.8, 4) is 5.75 Å². The predicted molar refractivity (Wildman–Crippen MR) is 72.6 cm³/mol. The fourth-order valence-corrected chi connectivity index (χ4v) is 1.88. The maximum Gasteiger partial charge on any atom is 0.170 e. The molecule has 0 radical (unpaired) electrons. The number of benzene rings is 2. The molecule has 0 amide bonds. The van der Waals surface area contributed by atoms with E-state index < -0.39 is 0 Å². The van der Waals surface area contributed by atoms with Crippen LogP contribution in [0.5, 0.6) is 5.75 Å². The summed E-state index contributed by atoms with van der Waals surface area (Å²) in [5, 5.41) is 9.16. The summed E-state index contributed by atoms with van der Waals surface area (Å²) in [4.78, 5) is 24.0. The molecule has 3 nitrogen and oxygen atoms in total. The van der Waals surface area contributed by atoms with Crippen LogP contribution in [0.2, 0.25) is 0 Å². The molecule has 1 N–H and O–H groups in total. The summed E-state index contributed by atoms with van der Waals surface area (Å²) < 4.78 is 0. The van der Waals surface area contributed by atoms with E-state index in [4.69, 9.17) is 5.11 Å². The molecule has 0 aliphatic heterocycles. The topological polar surface area (TPSA) is 54.4 Å². The Hall–Kier alpha value is -2.42. The normalized spacial score (nSPS) is 10.2. The van der Waals surface area contributed by atoms with Gasteiger partial charge in [0.2, 0.25) is 0 Å². The zero-order valence-corrected chi connectivity index (χ0v) is 10.6. The molecule has 0 saturated heterocycles. The van der Waals surface area contributed by atoms with Gasteiger partial charge in [-0.1, -0.05) is 24.3 Å². The number of carbonyl (C=O) groups excluding carboxylic acids is 2. The summed E-state index contributed by atoms with van der Waals surface area (Å²) in [6.45, 7) is 1.85. The monoisotopic (exact) mass is 254 g/mol. The van der Waals surface area contributed by atoms with E-state index in [-0.39, 0.29) is 23.7 Å². The predicted octanol–water partition coefficient (Wildman–Crippen LogP) is 3.16. The van der Waals surface area contributed by atoms with Crippen LogP contribution in [-0.4, -0.2) is 16.7 Å². The Morgan fingerprint density at radius 3 is 2.21 bits per heavy atom. The number of hydrogen-bond donors (Lipinski definition) is 1. The van der Waals surface area contributed by atoms with Gasteiger partial charge in [0.1, 0.15) is 5.75 Å². The molecule has 0 aromatic heterocycles. The number of phenolic OH excluding ortho intramolecular Hbond substituents is 1. The van der Waals surface area contributed by atoms with Crippen molar-refractivity contribution in [2.45, 2.75) is 13.3 Å². The van der Waals surface area contributed by atoms with Gasteiger partial charge in [-0.2, -0.15) is 0 Å². The minimum atomic E-state index is -0.242. The van der Waals surface area contributed by atoms with E-state index in [0.29, 0.717) is 11.1 Å². The molecular weight excluding hydrogens is 240 g/mol. The Bertz CT molecular complexity index is 612. The number of aryl methyl sites for hydroxylation is 1. The van der Waals surface area contributed by atoms with Crippen LogP contribution in [0.4, 0.5) is 0 Å². The molecule has 96 valence electrons. The van der Waals surface area contributed by atoms with Crippen LogP contribution >= 0.6 is 0 Å². The van der Waals surface area contributed by atoms with Gasteiger partial charge in [-0.3, -0.25) is 9.59 Å². The zero-order chi connectivity index (χ0) is 13.8. The highest BCUT2D eigenvalue weighted by Crippen LogP contribution is 2.14. The van der Waals surface area contributed by atoms with Crippen molar-refractivity contribution in [3.63, 3.8) is 0 Å². The molecule has 0 saturated carbocycles. The SMILES string of the molecule is Cc1ccccc1C(=O)CC(=O)c1ccc(O)cc1. The summed E-state index contributed by atoms with van der Waals surface area (Å²) in [5.74, 6) is -0.328. The van der Waals surface area contributed by atoms with Crippen LogP contribution in [0.1, 0.15) is 32.7 Å². The van der Waals surface area contributed by atoms with Crippen molar-refractivity contribution < 1.29 is 14.7 Å². The van der Waals surface area contributed by atoms with Gasteiger partial charge in [-0.25, -0.2) is 0 Å². The smallest absolute Gasteiger partial charge is 0.170 e. The molecule has 3 heteroatoms. The largest absolute Gasteiger partial charge is 0.508 e. The average Bonchev–Trinajstić information content (AvgIpc) is 2.39. The zero-order valence-electron chi connectivity index (χ0n) is 10.6. The molecule has 0 aliphatic rings. The fourth-order valence-electron chi connectivity index (χ4n) is 1.88. The Kier molecular flexibility index (Phi) is 3.76. The lowest BCUT2D eigenvalue weighted by Gasteiger charge is -2.04. The number of carbonyl (C=O) groups is 2. The van der Waals surface area contributed by atoms with Crippen molar-refractivity contribution in [2.24, 2.45) is 0 Å². The molecule has 0 atom stereocenters. The van der Waals surface area contributed by atoms with E-state index >= 15 is 0 Å². The van der Waals surface area contributed by atoms with Crippen LogP contribution in [0.15, 0.2) is 48.5 Å². The van der Waals surface area contributed by atoms with Crippen LogP contribution in [0.3, 0.4) is 0 Å². The maximum atomic E-state index is 12.0. The van der Waals surface area contributed by atoms with Gasteiger partial charge in [-0.15, -0.1) is 0 Å². The van der Waals surface area contributed by atoms with E-state index in [1.807, 2.05) is 19.1 Å². The quantitative estimate of drug-likeness (QED) is 0.673. The lowest BCUT2D eigenvalue weighted by molar-refractivity contribution is 0.0894. The van der Waals surface area contributed by atoms with Gasteiger partial charge >= 0.3 is 0 Å². The first kappa shape index (κ1) is 13.0. The molecule has 0 bridgehead atoms. The van der Waals surface area contributed by atoms with E-state index in [1.165, 1.54) is 24.3 Å². The first-order chi connectivity index (χ1) is 9.08. The Labute approximate surface area is 111 Å².